The number of ether oxygens (including phenoxy) is 1. The Bertz CT molecular complexity index is 1190. The molecular formula is C25H29N7O2. The molecule has 4 N–H and O–H groups in total. The summed E-state index contributed by atoms with van der Waals surface area (Å²) in [5.41, 5.74) is 11.2. The van der Waals surface area contributed by atoms with Gasteiger partial charge in [-0.2, -0.15) is 15.5 Å². The summed E-state index contributed by atoms with van der Waals surface area (Å²) < 4.78 is 5.97. The number of nitrogens with one attached hydrogen (secondary N) is 1. The van der Waals surface area contributed by atoms with E-state index in [1.165, 1.54) is 0 Å². The van der Waals surface area contributed by atoms with Crippen molar-refractivity contribution in [3.05, 3.63) is 70.2 Å². The lowest BCUT2D eigenvalue weighted by atomic mass is 10.0. The van der Waals surface area contributed by atoms with Gasteiger partial charge in [-0.25, -0.2) is 4.98 Å². The number of hydrogen-bond donors (Lipinski definition) is 3. The molecule has 1 saturated heterocycles. The first kappa shape index (κ1) is 24.6. The maximum absolute atomic E-state index is 9.64. The molecule has 1 aromatic carbocycles. The minimum absolute atomic E-state index is 0.197. The van der Waals surface area contributed by atoms with Crippen molar-refractivity contribution in [1.82, 2.24) is 15.2 Å². The summed E-state index contributed by atoms with van der Waals surface area (Å²) in [6.45, 7) is 6.01. The van der Waals surface area contributed by atoms with Crippen molar-refractivity contribution < 1.29 is 9.84 Å². The SMILES string of the molecule is CO.Cc1cnnc(C)c1COc1ccc(N)c(C(=N)c2cnc(N3CCCC3)c(C#N)c2)c1. The molecular weight excluding hydrogens is 430 g/mol. The maximum atomic E-state index is 9.64. The van der Waals surface area contributed by atoms with Crippen LogP contribution < -0.4 is 15.4 Å². The number of pyridine rings is 1. The van der Waals surface area contributed by atoms with Gasteiger partial charge in [0, 0.05) is 48.8 Å². The molecule has 3 aromatic rings. The monoisotopic (exact) mass is 459 g/mol. The van der Waals surface area contributed by atoms with Crippen LogP contribution in [0.1, 0.15) is 46.4 Å². The fourth-order valence-electron chi connectivity index (χ4n) is 3.85. The fraction of sp³-hybridized carbons (Fsp3) is 0.320. The minimum Gasteiger partial charge on any atom is -0.489 e. The van der Waals surface area contributed by atoms with E-state index in [1.807, 2.05) is 13.8 Å². The van der Waals surface area contributed by atoms with Gasteiger partial charge in [0.1, 0.15) is 24.2 Å². The lowest BCUT2D eigenvalue weighted by Crippen LogP contribution is -2.20. The third-order valence-electron chi connectivity index (χ3n) is 5.73. The molecule has 0 saturated carbocycles. The van der Waals surface area contributed by atoms with E-state index in [0.29, 0.717) is 40.6 Å². The standard InChI is InChI=1S/C24H25N7O.CH4O/c1-15-12-29-30-16(2)21(15)14-32-19-5-6-22(26)20(10-19)23(27)18-9-17(11-25)24(28-13-18)31-7-3-4-8-31;1-2/h5-6,9-10,12-13,27H,3-4,7-8,14,26H2,1-2H3;2H,1H3. The first-order valence-corrected chi connectivity index (χ1v) is 11.0. The molecule has 0 unspecified atom stereocenters. The summed E-state index contributed by atoms with van der Waals surface area (Å²) in [4.78, 5) is 6.62. The second kappa shape index (κ2) is 11.2. The van der Waals surface area contributed by atoms with Crippen molar-refractivity contribution in [3.8, 4) is 11.8 Å². The first-order valence-electron chi connectivity index (χ1n) is 11.0. The molecule has 3 heterocycles. The number of benzene rings is 1. The molecule has 2 aromatic heterocycles. The molecule has 0 amide bonds. The molecule has 34 heavy (non-hydrogen) atoms. The number of aliphatic hydroxyl groups excluding tert-OH is 1. The van der Waals surface area contributed by atoms with Gasteiger partial charge in [0.15, 0.2) is 0 Å². The largest absolute Gasteiger partial charge is 0.489 e. The summed E-state index contributed by atoms with van der Waals surface area (Å²) >= 11 is 0. The molecule has 0 aliphatic carbocycles. The smallest absolute Gasteiger partial charge is 0.146 e. The Morgan fingerprint density at radius 1 is 1.21 bits per heavy atom. The summed E-state index contributed by atoms with van der Waals surface area (Å²) in [6.07, 6.45) is 5.55. The minimum atomic E-state index is 0.197. The van der Waals surface area contributed by atoms with Gasteiger partial charge in [-0.15, -0.1) is 0 Å². The van der Waals surface area contributed by atoms with Crippen LogP contribution in [0.15, 0.2) is 36.7 Å². The van der Waals surface area contributed by atoms with E-state index in [2.05, 4.69) is 26.2 Å². The second-order valence-corrected chi connectivity index (χ2v) is 7.91. The Morgan fingerprint density at radius 3 is 2.62 bits per heavy atom. The predicted octanol–water partition coefficient (Wildman–Crippen LogP) is 3.15. The third kappa shape index (κ3) is 5.30. The number of nitrogens with zero attached hydrogens (tertiary/aromatic N) is 5. The summed E-state index contributed by atoms with van der Waals surface area (Å²) in [5, 5.41) is 33.4. The molecule has 0 radical (unpaired) electrons. The molecule has 9 nitrogen and oxygen atoms in total. The van der Waals surface area contributed by atoms with E-state index in [-0.39, 0.29) is 5.71 Å². The molecule has 9 heteroatoms. The summed E-state index contributed by atoms with van der Waals surface area (Å²) in [5.74, 6) is 1.28. The molecule has 0 bridgehead atoms. The lowest BCUT2D eigenvalue weighted by Gasteiger charge is -2.18. The van der Waals surface area contributed by atoms with E-state index in [0.717, 1.165) is 49.9 Å². The van der Waals surface area contributed by atoms with Gasteiger partial charge in [-0.3, -0.25) is 5.41 Å². The van der Waals surface area contributed by atoms with Gasteiger partial charge in [0.25, 0.3) is 0 Å². The fourth-order valence-corrected chi connectivity index (χ4v) is 3.85. The van der Waals surface area contributed by atoms with E-state index >= 15 is 0 Å². The zero-order valence-corrected chi connectivity index (χ0v) is 19.7. The zero-order valence-electron chi connectivity index (χ0n) is 19.7. The average Bonchev–Trinajstić information content (AvgIpc) is 3.40. The van der Waals surface area contributed by atoms with E-state index in [9.17, 15) is 5.26 Å². The number of aryl methyl sites for hydroxylation is 2. The van der Waals surface area contributed by atoms with E-state index < -0.39 is 0 Å². The number of aliphatic hydroxyl groups is 1. The van der Waals surface area contributed by atoms with E-state index in [4.69, 9.17) is 21.0 Å². The van der Waals surface area contributed by atoms with Gasteiger partial charge in [-0.05, 0) is 56.5 Å². The number of anilines is 2. The van der Waals surface area contributed by atoms with E-state index in [1.54, 1.807) is 36.7 Å². The topological polar surface area (TPSA) is 145 Å². The molecule has 0 atom stereocenters. The first-order chi connectivity index (χ1) is 16.5. The molecule has 0 spiro atoms. The lowest BCUT2D eigenvalue weighted by molar-refractivity contribution is 0.303. The van der Waals surface area contributed by atoms with Crippen LogP contribution in [0.2, 0.25) is 0 Å². The normalized spacial score (nSPS) is 12.5. The summed E-state index contributed by atoms with van der Waals surface area (Å²) in [6, 6.07) is 9.19. The van der Waals surface area contributed by atoms with Crippen molar-refractivity contribution >= 4 is 17.2 Å². The Morgan fingerprint density at radius 2 is 1.94 bits per heavy atom. The van der Waals surface area contributed by atoms with Crippen molar-refractivity contribution in [1.29, 1.82) is 10.7 Å². The van der Waals surface area contributed by atoms with Crippen molar-refractivity contribution in [2.75, 3.05) is 30.8 Å². The number of hydrogen-bond acceptors (Lipinski definition) is 9. The second-order valence-electron chi connectivity index (χ2n) is 7.91. The zero-order chi connectivity index (χ0) is 24.7. The highest BCUT2D eigenvalue weighted by Crippen LogP contribution is 2.27. The number of nitriles is 1. The predicted molar refractivity (Wildman–Crippen MR) is 131 cm³/mol. The highest BCUT2D eigenvalue weighted by Gasteiger charge is 2.19. The van der Waals surface area contributed by atoms with Gasteiger partial charge < -0.3 is 20.5 Å². The van der Waals surface area contributed by atoms with Crippen molar-refractivity contribution in [2.24, 2.45) is 0 Å². The van der Waals surface area contributed by atoms with Crippen molar-refractivity contribution in [2.45, 2.75) is 33.3 Å². The van der Waals surface area contributed by atoms with Gasteiger partial charge in [-0.1, -0.05) is 0 Å². The quantitative estimate of drug-likeness (QED) is 0.376. The van der Waals surface area contributed by atoms with Gasteiger partial charge in [0.2, 0.25) is 0 Å². The van der Waals surface area contributed by atoms with Gasteiger partial charge in [0.05, 0.1) is 23.2 Å². The van der Waals surface area contributed by atoms with Crippen LogP contribution in [0.4, 0.5) is 11.5 Å². The van der Waals surface area contributed by atoms with Crippen LogP contribution in [0.3, 0.4) is 0 Å². The molecule has 176 valence electrons. The Balaban J connectivity index is 0.00000158. The van der Waals surface area contributed by atoms with Crippen LogP contribution >= 0.6 is 0 Å². The number of nitrogen functional groups attached to an aromatic ring is 1. The summed E-state index contributed by atoms with van der Waals surface area (Å²) in [7, 11) is 1.00. The Kier molecular flexibility index (Phi) is 8.11. The third-order valence-corrected chi connectivity index (χ3v) is 5.73. The number of nitrogens with two attached hydrogens (primary N) is 1. The Hall–Kier alpha value is -4.03. The highest BCUT2D eigenvalue weighted by atomic mass is 16.5. The van der Waals surface area contributed by atoms with Crippen molar-refractivity contribution in [3.63, 3.8) is 0 Å². The van der Waals surface area contributed by atoms with Crippen LogP contribution in [-0.2, 0) is 6.61 Å². The number of rotatable bonds is 6. The van der Waals surface area contributed by atoms with Crippen LogP contribution in [0.25, 0.3) is 0 Å². The molecule has 1 fully saturated rings. The van der Waals surface area contributed by atoms with Crippen LogP contribution in [0.5, 0.6) is 5.75 Å². The van der Waals surface area contributed by atoms with Crippen LogP contribution in [-0.4, -0.2) is 46.2 Å². The molecule has 4 rings (SSSR count). The Labute approximate surface area is 199 Å². The highest BCUT2D eigenvalue weighted by molar-refractivity contribution is 6.14. The molecule has 1 aliphatic heterocycles. The van der Waals surface area contributed by atoms with Crippen LogP contribution in [0, 0.1) is 30.6 Å². The average molecular weight is 460 g/mol. The molecule has 1 aliphatic rings. The maximum Gasteiger partial charge on any atom is 0.146 e. The number of aromatic nitrogens is 3. The van der Waals surface area contributed by atoms with Gasteiger partial charge >= 0.3 is 0 Å².